The molecule has 3 rings (SSSR count). The summed E-state index contributed by atoms with van der Waals surface area (Å²) in [7, 11) is 0. The average molecular weight is 429 g/mol. The molecule has 0 bridgehead atoms. The van der Waals surface area contributed by atoms with Gasteiger partial charge >= 0.3 is 12.1 Å². The molecule has 0 aliphatic carbocycles. The van der Waals surface area contributed by atoms with Crippen LogP contribution in [-0.4, -0.2) is 49.1 Å². The number of aliphatic carboxylic acids is 1. The van der Waals surface area contributed by atoms with Crippen LogP contribution in [0.1, 0.15) is 19.4 Å². The van der Waals surface area contributed by atoms with Crippen LogP contribution >= 0.6 is 0 Å². The summed E-state index contributed by atoms with van der Waals surface area (Å²) in [4.78, 5) is 46.8. The Labute approximate surface area is 177 Å². The summed E-state index contributed by atoms with van der Waals surface area (Å²) in [6.45, 7) is -0.206. The van der Waals surface area contributed by atoms with Gasteiger partial charge in [0.1, 0.15) is 13.2 Å². The highest BCUT2D eigenvalue weighted by atomic mass is 16.5. The van der Waals surface area contributed by atoms with E-state index in [4.69, 9.17) is 15.6 Å². The van der Waals surface area contributed by atoms with Crippen LogP contribution in [0.2, 0.25) is 0 Å². The van der Waals surface area contributed by atoms with Crippen molar-refractivity contribution in [2.24, 2.45) is 0 Å². The van der Waals surface area contributed by atoms with E-state index in [1.54, 1.807) is 0 Å². The summed E-state index contributed by atoms with van der Waals surface area (Å²) >= 11 is 0. The van der Waals surface area contributed by atoms with Gasteiger partial charge in [-0.25, -0.2) is 9.78 Å². The van der Waals surface area contributed by atoms with Gasteiger partial charge in [-0.1, -0.05) is 37.8 Å². The average Bonchev–Trinajstić information content (AvgIpc) is 3.09. The molecule has 0 radical (unpaired) electrons. The number of imidazole rings is 1. The van der Waals surface area contributed by atoms with Crippen LogP contribution in [0.25, 0.3) is 11.2 Å². The minimum atomic E-state index is -1.08. The molecular formula is C19H23N7O5. The number of benzene rings is 1. The molecular weight excluding hydrogens is 406 g/mol. The number of anilines is 2. The molecule has 0 unspecified atom stereocenters. The molecule has 1 aromatic carbocycles. The number of hydrogen-bond donors (Lipinski definition) is 4. The number of carbonyl (C=O) groups excluding carboxylic acids is 2. The Morgan fingerprint density at radius 3 is 2.61 bits per heavy atom. The molecule has 12 heteroatoms. The molecule has 5 N–H and O–H groups in total. The van der Waals surface area contributed by atoms with Crippen molar-refractivity contribution >= 4 is 40.9 Å². The zero-order valence-electron chi connectivity index (χ0n) is 15.7. The van der Waals surface area contributed by atoms with E-state index in [1.165, 1.54) is 10.9 Å². The predicted octanol–water partition coefficient (Wildman–Crippen LogP) is 1.38. The third-order valence-corrected chi connectivity index (χ3v) is 3.88. The van der Waals surface area contributed by atoms with Crippen LogP contribution in [0.5, 0.6) is 0 Å². The van der Waals surface area contributed by atoms with Gasteiger partial charge in [0.15, 0.2) is 17.0 Å². The molecule has 0 fully saturated rings. The molecule has 31 heavy (non-hydrogen) atoms. The van der Waals surface area contributed by atoms with Crippen LogP contribution < -0.4 is 16.4 Å². The first-order valence-corrected chi connectivity index (χ1v) is 8.87. The summed E-state index contributed by atoms with van der Waals surface area (Å²) in [6, 6.07) is 9.18. The number of ether oxygens (including phenoxy) is 1. The number of alkyl carbamates (subject to hydrolysis) is 1. The first kappa shape index (κ1) is 23.1. The second-order valence-electron chi connectivity index (χ2n) is 6.16. The summed E-state index contributed by atoms with van der Waals surface area (Å²) in [6.07, 6.45) is 0.571. The van der Waals surface area contributed by atoms with Gasteiger partial charge in [-0.05, 0) is 5.56 Å². The van der Waals surface area contributed by atoms with Gasteiger partial charge in [0.2, 0.25) is 11.9 Å². The van der Waals surface area contributed by atoms with Gasteiger partial charge in [-0.3, -0.25) is 9.59 Å². The summed E-state index contributed by atoms with van der Waals surface area (Å²) < 4.78 is 6.33. The Balaban J connectivity index is 0.00000341. The normalized spacial score (nSPS) is 10.2. The maximum Gasteiger partial charge on any atom is 0.407 e. The minimum Gasteiger partial charge on any atom is -0.480 e. The van der Waals surface area contributed by atoms with Gasteiger partial charge in [0.25, 0.3) is 0 Å². The quantitative estimate of drug-likeness (QED) is 0.412. The lowest BCUT2D eigenvalue weighted by Gasteiger charge is -2.08. The van der Waals surface area contributed by atoms with Gasteiger partial charge in [-0.15, -0.1) is 0 Å². The van der Waals surface area contributed by atoms with Crippen molar-refractivity contribution in [2.75, 3.05) is 17.6 Å². The first-order chi connectivity index (χ1) is 14.4. The Kier molecular flexibility index (Phi) is 7.83. The second kappa shape index (κ2) is 10.5. The van der Waals surface area contributed by atoms with E-state index >= 15 is 0 Å². The maximum atomic E-state index is 12.2. The number of nitrogens with one attached hydrogen (secondary N) is 2. The summed E-state index contributed by atoms with van der Waals surface area (Å²) in [5.41, 5.74) is 6.88. The molecule has 0 aliphatic heterocycles. The number of nitrogens with zero attached hydrogens (tertiary/aromatic N) is 4. The number of rotatable bonds is 8. The van der Waals surface area contributed by atoms with Gasteiger partial charge in [0, 0.05) is 13.0 Å². The van der Waals surface area contributed by atoms with E-state index in [2.05, 4.69) is 25.6 Å². The molecule has 0 saturated carbocycles. The lowest BCUT2D eigenvalue weighted by Crippen LogP contribution is -2.28. The van der Waals surface area contributed by atoms with E-state index in [1.807, 2.05) is 30.3 Å². The van der Waals surface area contributed by atoms with Crippen LogP contribution in [-0.2, 0) is 27.5 Å². The topological polar surface area (TPSA) is 174 Å². The van der Waals surface area contributed by atoms with E-state index in [0.717, 1.165) is 5.56 Å². The van der Waals surface area contributed by atoms with E-state index in [-0.39, 0.29) is 56.5 Å². The molecule has 0 spiro atoms. The predicted molar refractivity (Wildman–Crippen MR) is 112 cm³/mol. The van der Waals surface area contributed by atoms with E-state index in [9.17, 15) is 14.4 Å². The van der Waals surface area contributed by atoms with Gasteiger partial charge < -0.3 is 30.8 Å². The highest BCUT2D eigenvalue weighted by molar-refractivity contribution is 5.97. The van der Waals surface area contributed by atoms with Gasteiger partial charge in [-0.2, -0.15) is 9.97 Å². The fourth-order valence-corrected chi connectivity index (χ4v) is 2.56. The molecule has 3 aromatic rings. The number of hydrogen-bond acceptors (Lipinski definition) is 8. The van der Waals surface area contributed by atoms with Gasteiger partial charge in [0.05, 0.1) is 6.33 Å². The molecule has 0 aliphatic rings. The van der Waals surface area contributed by atoms with Crippen molar-refractivity contribution in [3.05, 3.63) is 42.2 Å². The van der Waals surface area contributed by atoms with Crippen LogP contribution in [0, 0.1) is 0 Å². The standard InChI is InChI=1S/C18H19N7O5.CH4/c19-17-23-15(14-16(24-17)25(10-21-14)8-13(27)28)22-12(26)6-7-20-18(29)30-9-11-4-2-1-3-5-11;/h1-5,10H,6-9H2,(H,20,29)(H,27,28)(H3,19,22,23,24,26);1H4. The Morgan fingerprint density at radius 2 is 1.90 bits per heavy atom. The highest BCUT2D eigenvalue weighted by Gasteiger charge is 2.16. The lowest BCUT2D eigenvalue weighted by molar-refractivity contribution is -0.137. The molecule has 164 valence electrons. The monoisotopic (exact) mass is 429 g/mol. The van der Waals surface area contributed by atoms with Crippen LogP contribution in [0.15, 0.2) is 36.7 Å². The number of aromatic nitrogens is 4. The third kappa shape index (κ3) is 6.39. The Bertz CT molecular complexity index is 1070. The Hall–Kier alpha value is -4.22. The fraction of sp³-hybridized carbons (Fsp3) is 0.263. The number of carboxylic acids is 1. The smallest absolute Gasteiger partial charge is 0.407 e. The van der Waals surface area contributed by atoms with Crippen molar-refractivity contribution in [1.29, 1.82) is 0 Å². The molecule has 0 saturated heterocycles. The van der Waals surface area contributed by atoms with Crippen molar-refractivity contribution < 1.29 is 24.2 Å². The molecule has 2 aromatic heterocycles. The Morgan fingerprint density at radius 1 is 1.16 bits per heavy atom. The SMILES string of the molecule is C.Nc1nc(NC(=O)CCNC(=O)OCc2ccccc2)c2ncn(CC(=O)O)c2n1. The number of amides is 2. The zero-order chi connectivity index (χ0) is 21.5. The van der Waals surface area contributed by atoms with Crippen LogP contribution in [0.3, 0.4) is 0 Å². The summed E-state index contributed by atoms with van der Waals surface area (Å²) in [5.74, 6) is -1.63. The highest BCUT2D eigenvalue weighted by Crippen LogP contribution is 2.19. The number of carboxylic acid groups (broad SMARTS) is 1. The fourth-order valence-electron chi connectivity index (χ4n) is 2.56. The van der Waals surface area contributed by atoms with Crippen molar-refractivity contribution in [3.8, 4) is 0 Å². The summed E-state index contributed by atoms with van der Waals surface area (Å²) in [5, 5.41) is 14.0. The van der Waals surface area contributed by atoms with Crippen molar-refractivity contribution in [1.82, 2.24) is 24.8 Å². The van der Waals surface area contributed by atoms with Crippen molar-refractivity contribution in [2.45, 2.75) is 27.0 Å². The lowest BCUT2D eigenvalue weighted by atomic mass is 10.2. The second-order valence-corrected chi connectivity index (χ2v) is 6.16. The maximum absolute atomic E-state index is 12.2. The van der Waals surface area contributed by atoms with Crippen LogP contribution in [0.4, 0.5) is 16.6 Å². The third-order valence-electron chi connectivity index (χ3n) is 3.88. The minimum absolute atomic E-state index is 0. The van der Waals surface area contributed by atoms with E-state index in [0.29, 0.717) is 0 Å². The first-order valence-electron chi connectivity index (χ1n) is 8.87. The number of fused-ring (bicyclic) bond motifs is 1. The number of nitrogen functional groups attached to an aromatic ring is 1. The molecule has 0 atom stereocenters. The largest absolute Gasteiger partial charge is 0.480 e. The number of nitrogens with two attached hydrogens (primary N) is 1. The molecule has 2 heterocycles. The molecule has 12 nitrogen and oxygen atoms in total. The molecule has 2 amide bonds. The number of carbonyl (C=O) groups is 3. The van der Waals surface area contributed by atoms with E-state index < -0.39 is 18.0 Å². The zero-order valence-corrected chi connectivity index (χ0v) is 15.7. The van der Waals surface area contributed by atoms with Crippen molar-refractivity contribution in [3.63, 3.8) is 0 Å².